The number of hydrogen-bond acceptors (Lipinski definition) is 2. The Labute approximate surface area is 73.6 Å². The van der Waals surface area contributed by atoms with E-state index >= 15 is 0 Å². The van der Waals surface area contributed by atoms with Crippen LogP contribution in [0.15, 0.2) is 0 Å². The van der Waals surface area contributed by atoms with Crippen molar-refractivity contribution >= 4 is 0 Å². The molecule has 0 heterocycles. The molecule has 0 spiro atoms. The SMILES string of the molecule is CC1(C)[C@H]2C[C@@H]([C@@H]1O)[C@](C)(O)C2. The molecule has 2 fully saturated rings. The first-order valence-electron chi connectivity index (χ1n) is 4.76. The van der Waals surface area contributed by atoms with E-state index in [1.807, 2.05) is 6.92 Å². The van der Waals surface area contributed by atoms with Crippen LogP contribution in [-0.4, -0.2) is 21.9 Å². The Hall–Kier alpha value is -0.0800. The van der Waals surface area contributed by atoms with E-state index in [2.05, 4.69) is 13.8 Å². The van der Waals surface area contributed by atoms with Crippen LogP contribution in [0, 0.1) is 17.3 Å². The third-order valence-electron chi connectivity index (χ3n) is 4.19. The summed E-state index contributed by atoms with van der Waals surface area (Å²) >= 11 is 0. The fraction of sp³-hybridized carbons (Fsp3) is 1.00. The van der Waals surface area contributed by atoms with Gasteiger partial charge < -0.3 is 10.2 Å². The Morgan fingerprint density at radius 2 is 1.83 bits per heavy atom. The summed E-state index contributed by atoms with van der Waals surface area (Å²) in [5, 5.41) is 19.9. The quantitative estimate of drug-likeness (QED) is 0.573. The molecule has 0 aromatic carbocycles. The molecule has 2 heteroatoms. The average Bonchev–Trinajstić information content (AvgIpc) is 2.31. The number of fused-ring (bicyclic) bond motifs is 2. The molecule has 0 radical (unpaired) electrons. The van der Waals surface area contributed by atoms with Gasteiger partial charge in [0.1, 0.15) is 0 Å². The molecule has 2 aliphatic rings. The molecule has 12 heavy (non-hydrogen) atoms. The first kappa shape index (κ1) is 8.52. The Morgan fingerprint density at radius 3 is 2.17 bits per heavy atom. The minimum absolute atomic E-state index is 0.0207. The lowest BCUT2D eigenvalue weighted by molar-refractivity contribution is -0.101. The number of aliphatic hydroxyl groups is 2. The first-order valence-corrected chi connectivity index (χ1v) is 4.76. The fourth-order valence-electron chi connectivity index (χ4n) is 3.09. The zero-order chi connectivity index (χ0) is 9.15. The van der Waals surface area contributed by atoms with E-state index in [9.17, 15) is 10.2 Å². The zero-order valence-electron chi connectivity index (χ0n) is 8.04. The molecule has 0 aliphatic heterocycles. The Morgan fingerprint density at radius 1 is 1.25 bits per heavy atom. The molecule has 0 saturated heterocycles. The normalized spacial score (nSPS) is 56.2. The lowest BCUT2D eigenvalue weighted by atomic mass is 9.69. The summed E-state index contributed by atoms with van der Waals surface area (Å²) in [6.45, 7) is 6.07. The van der Waals surface area contributed by atoms with Crippen LogP contribution < -0.4 is 0 Å². The molecule has 0 aromatic rings. The Balaban J connectivity index is 2.30. The van der Waals surface area contributed by atoms with Gasteiger partial charge in [0.15, 0.2) is 0 Å². The summed E-state index contributed by atoms with van der Waals surface area (Å²) in [5.41, 5.74) is -0.591. The van der Waals surface area contributed by atoms with E-state index in [4.69, 9.17) is 0 Å². The van der Waals surface area contributed by atoms with E-state index in [1.54, 1.807) is 0 Å². The van der Waals surface area contributed by atoms with Crippen molar-refractivity contribution in [3.63, 3.8) is 0 Å². The number of hydrogen-bond donors (Lipinski definition) is 2. The Bertz CT molecular complexity index is 204. The van der Waals surface area contributed by atoms with Gasteiger partial charge >= 0.3 is 0 Å². The van der Waals surface area contributed by atoms with E-state index < -0.39 is 5.60 Å². The smallest absolute Gasteiger partial charge is 0.0675 e. The highest BCUT2D eigenvalue weighted by molar-refractivity contribution is 5.10. The van der Waals surface area contributed by atoms with Gasteiger partial charge in [-0.2, -0.15) is 0 Å². The molecule has 2 nitrogen and oxygen atoms in total. The van der Waals surface area contributed by atoms with Crippen molar-refractivity contribution < 1.29 is 10.2 Å². The summed E-state index contributed by atoms with van der Waals surface area (Å²) in [6, 6.07) is 0. The molecular formula is C10H18O2. The van der Waals surface area contributed by atoms with Crippen LogP contribution in [-0.2, 0) is 0 Å². The molecule has 4 atom stereocenters. The molecule has 2 rings (SSSR count). The van der Waals surface area contributed by atoms with E-state index in [-0.39, 0.29) is 17.4 Å². The van der Waals surface area contributed by atoms with Crippen molar-refractivity contribution in [1.82, 2.24) is 0 Å². The molecule has 70 valence electrons. The standard InChI is InChI=1S/C10H18O2/c1-9(2)6-4-7(8(9)11)10(3,12)5-6/h6-8,11-12H,4-5H2,1-3H3/t6-,7-,8-,10+/m0/s1. The summed E-state index contributed by atoms with van der Waals surface area (Å²) in [6.07, 6.45) is 1.55. The molecular weight excluding hydrogens is 152 g/mol. The van der Waals surface area contributed by atoms with Gasteiger partial charge in [0, 0.05) is 5.92 Å². The van der Waals surface area contributed by atoms with Gasteiger partial charge in [-0.3, -0.25) is 0 Å². The maximum Gasteiger partial charge on any atom is 0.0675 e. The third-order valence-corrected chi connectivity index (χ3v) is 4.19. The summed E-state index contributed by atoms with van der Waals surface area (Å²) < 4.78 is 0. The second kappa shape index (κ2) is 2.05. The van der Waals surface area contributed by atoms with E-state index in [0.29, 0.717) is 5.92 Å². The van der Waals surface area contributed by atoms with Gasteiger partial charge in [0.2, 0.25) is 0 Å². The topological polar surface area (TPSA) is 40.5 Å². The van der Waals surface area contributed by atoms with Crippen LogP contribution in [0.3, 0.4) is 0 Å². The highest BCUT2D eigenvalue weighted by atomic mass is 16.3. The fourth-order valence-corrected chi connectivity index (χ4v) is 3.09. The minimum Gasteiger partial charge on any atom is -0.392 e. The molecule has 2 bridgehead atoms. The van der Waals surface area contributed by atoms with Gasteiger partial charge in [-0.15, -0.1) is 0 Å². The minimum atomic E-state index is -0.612. The lowest BCUT2D eigenvalue weighted by Crippen LogP contribution is -2.47. The lowest BCUT2D eigenvalue weighted by Gasteiger charge is -2.41. The second-order valence-electron chi connectivity index (χ2n) is 5.37. The summed E-state index contributed by atoms with van der Waals surface area (Å²) in [5.74, 6) is 0.616. The largest absolute Gasteiger partial charge is 0.392 e. The van der Waals surface area contributed by atoms with Crippen molar-refractivity contribution in [2.45, 2.75) is 45.3 Å². The Kier molecular flexibility index (Phi) is 1.45. The molecule has 2 aliphatic carbocycles. The predicted octanol–water partition coefficient (Wildman–Crippen LogP) is 1.16. The third kappa shape index (κ3) is 0.826. The zero-order valence-corrected chi connectivity index (χ0v) is 8.04. The van der Waals surface area contributed by atoms with Crippen LogP contribution in [0.25, 0.3) is 0 Å². The van der Waals surface area contributed by atoms with Crippen molar-refractivity contribution in [1.29, 1.82) is 0 Å². The molecule has 2 saturated carbocycles. The first-order chi connectivity index (χ1) is 5.36. The predicted molar refractivity (Wildman–Crippen MR) is 46.6 cm³/mol. The van der Waals surface area contributed by atoms with Crippen molar-refractivity contribution in [3.8, 4) is 0 Å². The second-order valence-corrected chi connectivity index (χ2v) is 5.37. The summed E-state index contributed by atoms with van der Waals surface area (Å²) in [4.78, 5) is 0. The van der Waals surface area contributed by atoms with Gasteiger partial charge in [-0.1, -0.05) is 13.8 Å². The molecule has 0 unspecified atom stereocenters. The van der Waals surface area contributed by atoms with Crippen LogP contribution in [0.4, 0.5) is 0 Å². The van der Waals surface area contributed by atoms with Crippen LogP contribution in [0.2, 0.25) is 0 Å². The maximum atomic E-state index is 9.93. The van der Waals surface area contributed by atoms with Crippen LogP contribution >= 0.6 is 0 Å². The molecule has 2 N–H and O–H groups in total. The van der Waals surface area contributed by atoms with Gasteiger partial charge in [0.25, 0.3) is 0 Å². The van der Waals surface area contributed by atoms with Crippen molar-refractivity contribution in [3.05, 3.63) is 0 Å². The van der Waals surface area contributed by atoms with E-state index in [0.717, 1.165) is 12.8 Å². The van der Waals surface area contributed by atoms with Gasteiger partial charge in [-0.25, -0.2) is 0 Å². The highest BCUT2D eigenvalue weighted by Crippen LogP contribution is 2.59. The highest BCUT2D eigenvalue weighted by Gasteiger charge is 2.60. The molecule has 0 aromatic heterocycles. The van der Waals surface area contributed by atoms with E-state index in [1.165, 1.54) is 0 Å². The van der Waals surface area contributed by atoms with Crippen LogP contribution in [0.1, 0.15) is 33.6 Å². The van der Waals surface area contributed by atoms with Crippen molar-refractivity contribution in [2.75, 3.05) is 0 Å². The van der Waals surface area contributed by atoms with Gasteiger partial charge in [-0.05, 0) is 31.1 Å². The van der Waals surface area contributed by atoms with Crippen LogP contribution in [0.5, 0.6) is 0 Å². The summed E-state index contributed by atoms with van der Waals surface area (Å²) in [7, 11) is 0. The molecule has 0 amide bonds. The monoisotopic (exact) mass is 170 g/mol. The average molecular weight is 170 g/mol. The number of rotatable bonds is 0. The number of aliphatic hydroxyl groups excluding tert-OH is 1. The van der Waals surface area contributed by atoms with Gasteiger partial charge in [0.05, 0.1) is 11.7 Å². The maximum absolute atomic E-state index is 9.93. The van der Waals surface area contributed by atoms with Crippen molar-refractivity contribution in [2.24, 2.45) is 17.3 Å².